The Kier molecular flexibility index (Phi) is 38.5. The van der Waals surface area contributed by atoms with E-state index in [1.54, 1.807) is 0 Å². The Hall–Kier alpha value is -7.46. The molecular formula is C80H104. The lowest BCUT2D eigenvalue weighted by atomic mass is 9.88. The van der Waals surface area contributed by atoms with E-state index in [2.05, 4.69) is 296 Å². The lowest BCUT2D eigenvalue weighted by molar-refractivity contribution is 0.626. The molecule has 0 saturated heterocycles. The molecule has 0 bridgehead atoms. The van der Waals surface area contributed by atoms with Gasteiger partial charge in [0.2, 0.25) is 0 Å². The van der Waals surface area contributed by atoms with Crippen LogP contribution in [0.3, 0.4) is 0 Å². The van der Waals surface area contributed by atoms with Gasteiger partial charge in [0.1, 0.15) is 0 Å². The van der Waals surface area contributed by atoms with Crippen molar-refractivity contribution in [3.63, 3.8) is 0 Å². The third-order valence-corrected chi connectivity index (χ3v) is 13.5. The molecule has 0 aliphatic rings. The topological polar surface area (TPSA) is 0 Å². The summed E-state index contributed by atoms with van der Waals surface area (Å²) >= 11 is 0. The number of terminal acetylenes is 1. The number of aryl methyl sites for hydroxylation is 3. The smallest absolute Gasteiger partial charge is 0.0105 e. The molecule has 0 aliphatic carbocycles. The molecule has 0 spiro atoms. The zero-order valence-corrected chi connectivity index (χ0v) is 52.2. The largest absolute Gasteiger partial charge is 0.124 e. The van der Waals surface area contributed by atoms with E-state index in [1.807, 2.05) is 65.8 Å². The third kappa shape index (κ3) is 24.3. The van der Waals surface area contributed by atoms with Crippen LogP contribution in [-0.2, 0) is 0 Å². The predicted octanol–water partition coefficient (Wildman–Crippen LogP) is 25.3. The third-order valence-electron chi connectivity index (χ3n) is 13.5. The number of hydrogen-bond acceptors (Lipinski definition) is 0. The molecule has 0 aromatic heterocycles. The Morgan fingerprint density at radius 3 is 1.00 bits per heavy atom. The van der Waals surface area contributed by atoms with Crippen LogP contribution in [-0.4, -0.2) is 0 Å². The Morgan fingerprint density at radius 2 is 0.637 bits per heavy atom. The molecule has 1 atom stereocenters. The first-order chi connectivity index (χ1) is 38.3. The van der Waals surface area contributed by atoms with E-state index in [4.69, 9.17) is 0 Å². The summed E-state index contributed by atoms with van der Waals surface area (Å²) in [6.07, 6.45) is 10.5. The molecule has 0 N–H and O–H groups in total. The van der Waals surface area contributed by atoms with Gasteiger partial charge in [0.05, 0.1) is 0 Å². The first kappa shape index (κ1) is 72.5. The van der Waals surface area contributed by atoms with E-state index in [0.29, 0.717) is 11.8 Å². The van der Waals surface area contributed by atoms with Crippen LogP contribution in [0.15, 0.2) is 224 Å². The van der Waals surface area contributed by atoms with Gasteiger partial charge in [0.15, 0.2) is 0 Å². The molecule has 424 valence electrons. The fraction of sp³-hybridized carbons (Fsp3) is 0.300. The second kappa shape index (κ2) is 42.5. The summed E-state index contributed by atoms with van der Waals surface area (Å²) in [6.45, 7) is 38.5. The minimum absolute atomic E-state index is 0. The quantitative estimate of drug-likeness (QED) is 0.126. The summed E-state index contributed by atoms with van der Waals surface area (Å²) in [7, 11) is 0. The normalized spacial score (nSPS) is 9.88. The monoisotopic (exact) mass is 1060 g/mol. The van der Waals surface area contributed by atoms with Gasteiger partial charge in [-0.25, -0.2) is 0 Å². The van der Waals surface area contributed by atoms with E-state index in [-0.39, 0.29) is 7.43 Å². The van der Waals surface area contributed by atoms with E-state index >= 15 is 0 Å². The average Bonchev–Trinajstić information content (AvgIpc) is 3.51. The van der Waals surface area contributed by atoms with Gasteiger partial charge in [-0.3, -0.25) is 0 Å². The van der Waals surface area contributed by atoms with E-state index in [9.17, 15) is 0 Å². The Bertz CT molecular complexity index is 2900. The second-order valence-electron chi connectivity index (χ2n) is 19.5. The molecule has 0 heterocycles. The highest BCUT2D eigenvalue weighted by atomic mass is 14.2. The SMILES string of the molecule is C.C#C.CC.CC.CC.CC(C)c1ccccc1.CCC(C)C.CCC(C)c1cccc(-c2ccccc2-c2ccc(-c3ccccc3)cc2)c1.Cc1ccccc1.Cc1ccccc1-c1ccc(-c2ccccc2C)c(C)c1C. The van der Waals surface area contributed by atoms with Crippen LogP contribution >= 0.6 is 0 Å². The fourth-order valence-corrected chi connectivity index (χ4v) is 8.23. The minimum Gasteiger partial charge on any atom is -0.124 e. The molecule has 0 amide bonds. The van der Waals surface area contributed by atoms with Gasteiger partial charge in [-0.2, -0.15) is 0 Å². The lowest BCUT2D eigenvalue weighted by Crippen LogP contribution is -1.94. The van der Waals surface area contributed by atoms with Crippen molar-refractivity contribution in [2.24, 2.45) is 5.92 Å². The maximum atomic E-state index is 4.00. The summed E-state index contributed by atoms with van der Waals surface area (Å²) in [5, 5.41) is 0. The maximum Gasteiger partial charge on any atom is -0.0105 e. The minimum atomic E-state index is 0. The zero-order chi connectivity index (χ0) is 59.1. The van der Waals surface area contributed by atoms with Gasteiger partial charge >= 0.3 is 0 Å². The van der Waals surface area contributed by atoms with Crippen LogP contribution in [0.1, 0.15) is 161 Å². The molecule has 9 aromatic rings. The van der Waals surface area contributed by atoms with Gasteiger partial charge in [-0.1, -0.05) is 334 Å². The Labute approximate surface area is 491 Å². The highest BCUT2D eigenvalue weighted by Crippen LogP contribution is 2.36. The molecule has 1 unspecified atom stereocenters. The van der Waals surface area contributed by atoms with Gasteiger partial charge in [0.25, 0.3) is 0 Å². The number of benzene rings is 9. The standard InChI is InChI=1S/C28H26.C22H22.C9H12.C7H8.C5H12.3C2H6.C2H2.CH4/c1-3-21(2)25-12-9-13-26(20-25)28-15-8-7-14-27(28)24-18-16-23(17-19-24)22-10-5-4-6-11-22;1-15-9-5-7-11-19(15)21-13-14-22(18(4)17(21)3)20-12-8-6-10-16(20)2;1-8(2)9-6-4-3-5-7-9;1-7-5-3-2-4-6-7;1-4-5(2)3;4*1-2;/h4-21H,3H2,1-2H3;5-14H,1-4H3;3-8H,1-2H3;2-6H,1H3;5H,4H2,1-3H3;3*1-2H3;1-2H;1H4. The number of rotatable bonds is 9. The van der Waals surface area contributed by atoms with E-state index in [0.717, 1.165) is 12.3 Å². The molecule has 0 radical (unpaired) electrons. The molecule has 9 aromatic carbocycles. The van der Waals surface area contributed by atoms with Crippen molar-refractivity contribution < 1.29 is 0 Å². The van der Waals surface area contributed by atoms with E-state index in [1.165, 1.54) is 101 Å². The second-order valence-corrected chi connectivity index (χ2v) is 19.5. The van der Waals surface area contributed by atoms with Crippen molar-refractivity contribution in [3.05, 3.63) is 263 Å². The molecule has 0 aliphatic heterocycles. The van der Waals surface area contributed by atoms with Gasteiger partial charge in [-0.15, -0.1) is 12.8 Å². The highest BCUT2D eigenvalue weighted by Gasteiger charge is 2.13. The van der Waals surface area contributed by atoms with Crippen molar-refractivity contribution >= 4 is 0 Å². The van der Waals surface area contributed by atoms with Crippen molar-refractivity contribution in [3.8, 4) is 68.5 Å². The van der Waals surface area contributed by atoms with Crippen LogP contribution < -0.4 is 0 Å². The molecule has 0 saturated carbocycles. The Morgan fingerprint density at radius 1 is 0.312 bits per heavy atom. The van der Waals surface area contributed by atoms with Gasteiger partial charge in [0, 0.05) is 0 Å². The summed E-state index contributed by atoms with van der Waals surface area (Å²) < 4.78 is 0. The maximum absolute atomic E-state index is 4.00. The summed E-state index contributed by atoms with van der Waals surface area (Å²) in [5.41, 5.74) is 22.5. The van der Waals surface area contributed by atoms with Crippen LogP contribution in [0.4, 0.5) is 0 Å². The lowest BCUT2D eigenvalue weighted by Gasteiger charge is -2.16. The van der Waals surface area contributed by atoms with E-state index < -0.39 is 0 Å². The van der Waals surface area contributed by atoms with Crippen molar-refractivity contribution in [1.82, 2.24) is 0 Å². The molecule has 9 rings (SSSR count). The summed E-state index contributed by atoms with van der Waals surface area (Å²) in [5.74, 6) is 2.12. The molecule has 0 fully saturated rings. The van der Waals surface area contributed by atoms with Crippen molar-refractivity contribution in [1.29, 1.82) is 0 Å². The first-order valence-corrected chi connectivity index (χ1v) is 29.3. The zero-order valence-electron chi connectivity index (χ0n) is 52.2. The highest BCUT2D eigenvalue weighted by molar-refractivity contribution is 5.85. The van der Waals surface area contributed by atoms with Crippen molar-refractivity contribution in [2.75, 3.05) is 0 Å². The van der Waals surface area contributed by atoms with Crippen LogP contribution in [0.25, 0.3) is 55.6 Å². The molecule has 0 heteroatoms. The van der Waals surface area contributed by atoms with Crippen LogP contribution in [0.5, 0.6) is 0 Å². The number of hydrogen-bond donors (Lipinski definition) is 0. The van der Waals surface area contributed by atoms with Gasteiger partial charge in [-0.05, 0) is 148 Å². The molecule has 0 nitrogen and oxygen atoms in total. The molecular weight excluding hydrogens is 961 g/mol. The first-order valence-electron chi connectivity index (χ1n) is 29.3. The van der Waals surface area contributed by atoms with Crippen LogP contribution in [0.2, 0.25) is 0 Å². The summed E-state index contributed by atoms with van der Waals surface area (Å²) in [6, 6.07) is 79.7. The molecule has 80 heavy (non-hydrogen) atoms. The van der Waals surface area contributed by atoms with Crippen molar-refractivity contribution in [2.45, 2.75) is 157 Å². The Balaban J connectivity index is 0.00000106. The fourth-order valence-electron chi connectivity index (χ4n) is 8.23. The van der Waals surface area contributed by atoms with Gasteiger partial charge < -0.3 is 0 Å². The van der Waals surface area contributed by atoms with Crippen LogP contribution in [0, 0.1) is 53.4 Å². The average molecular weight is 1070 g/mol. The predicted molar refractivity (Wildman–Crippen MR) is 365 cm³/mol. The summed E-state index contributed by atoms with van der Waals surface area (Å²) in [4.78, 5) is 0.